The summed E-state index contributed by atoms with van der Waals surface area (Å²) in [7, 11) is 0. The lowest BCUT2D eigenvalue weighted by Gasteiger charge is -2.04. The molecule has 106 valence electrons. The molecule has 0 unspecified atom stereocenters. The van der Waals surface area contributed by atoms with Gasteiger partial charge in [-0.05, 0) is 24.3 Å². The van der Waals surface area contributed by atoms with Gasteiger partial charge < -0.3 is 4.42 Å². The first-order chi connectivity index (χ1) is 10.8. The molecule has 3 heteroatoms. The lowest BCUT2D eigenvalue weighted by Crippen LogP contribution is -1.80. The third-order valence-electron chi connectivity index (χ3n) is 3.60. The lowest BCUT2D eigenvalue weighted by molar-refractivity contribution is 0.621. The van der Waals surface area contributed by atoms with Crippen molar-refractivity contribution in [1.82, 2.24) is 4.98 Å². The molecule has 0 spiro atoms. The second-order valence-corrected chi connectivity index (χ2v) is 5.43. The van der Waals surface area contributed by atoms with Crippen LogP contribution < -0.4 is 0 Å². The zero-order valence-corrected chi connectivity index (χ0v) is 12.4. The van der Waals surface area contributed by atoms with Gasteiger partial charge in [-0.2, -0.15) is 0 Å². The predicted octanol–water partition coefficient (Wildman–Crippen LogP) is 5.82. The molecule has 3 aromatic carbocycles. The monoisotopic (exact) mass is 305 g/mol. The van der Waals surface area contributed by atoms with Crippen molar-refractivity contribution in [1.29, 1.82) is 0 Å². The second kappa shape index (κ2) is 5.32. The highest BCUT2D eigenvalue weighted by molar-refractivity contribution is 6.33. The van der Waals surface area contributed by atoms with Crippen molar-refractivity contribution >= 4 is 22.7 Å². The summed E-state index contributed by atoms with van der Waals surface area (Å²) in [5, 5.41) is 0.702. The van der Waals surface area contributed by atoms with E-state index in [2.05, 4.69) is 4.98 Å². The quantitative estimate of drug-likeness (QED) is 0.466. The molecule has 0 bridgehead atoms. The van der Waals surface area contributed by atoms with E-state index in [0.29, 0.717) is 10.9 Å². The average molecular weight is 306 g/mol. The van der Waals surface area contributed by atoms with E-state index in [1.54, 1.807) is 0 Å². The molecular formula is C19H12ClNO. The van der Waals surface area contributed by atoms with E-state index in [1.807, 2.05) is 72.8 Å². The van der Waals surface area contributed by atoms with E-state index >= 15 is 0 Å². The Kier molecular flexibility index (Phi) is 3.17. The smallest absolute Gasteiger partial charge is 0.227 e. The molecule has 0 atom stereocenters. The molecule has 4 aromatic rings. The number of fused-ring (bicyclic) bond motifs is 1. The highest BCUT2D eigenvalue weighted by Gasteiger charge is 2.13. The molecule has 0 saturated heterocycles. The molecule has 0 radical (unpaired) electrons. The van der Waals surface area contributed by atoms with Crippen LogP contribution >= 0.6 is 11.6 Å². The molecule has 1 heterocycles. The van der Waals surface area contributed by atoms with E-state index in [-0.39, 0.29) is 0 Å². The molecule has 2 nitrogen and oxygen atoms in total. The second-order valence-electron chi connectivity index (χ2n) is 5.02. The standard InChI is InChI=1S/C19H12ClNO/c20-16-11-5-4-9-14(16)15-10-6-12-17-18(15)22-19(21-17)13-7-2-1-3-8-13/h1-12H. The van der Waals surface area contributed by atoms with Crippen molar-refractivity contribution in [3.8, 4) is 22.6 Å². The van der Waals surface area contributed by atoms with Gasteiger partial charge >= 0.3 is 0 Å². The van der Waals surface area contributed by atoms with Crippen LogP contribution in [0.1, 0.15) is 0 Å². The molecule has 1 aromatic heterocycles. The van der Waals surface area contributed by atoms with Gasteiger partial charge in [0, 0.05) is 21.7 Å². The van der Waals surface area contributed by atoms with E-state index in [1.165, 1.54) is 0 Å². The van der Waals surface area contributed by atoms with Crippen molar-refractivity contribution in [2.45, 2.75) is 0 Å². The highest BCUT2D eigenvalue weighted by Crippen LogP contribution is 2.35. The maximum Gasteiger partial charge on any atom is 0.227 e. The maximum absolute atomic E-state index is 6.32. The predicted molar refractivity (Wildman–Crippen MR) is 89.9 cm³/mol. The molecule has 22 heavy (non-hydrogen) atoms. The van der Waals surface area contributed by atoms with Crippen LogP contribution in [0.15, 0.2) is 77.2 Å². The first-order valence-corrected chi connectivity index (χ1v) is 7.40. The van der Waals surface area contributed by atoms with Gasteiger partial charge in [-0.3, -0.25) is 0 Å². The van der Waals surface area contributed by atoms with Gasteiger partial charge in [-0.25, -0.2) is 4.98 Å². The number of hydrogen-bond acceptors (Lipinski definition) is 2. The van der Waals surface area contributed by atoms with Gasteiger partial charge in [0.05, 0.1) is 0 Å². The van der Waals surface area contributed by atoms with Crippen LogP contribution in [-0.2, 0) is 0 Å². The first-order valence-electron chi connectivity index (χ1n) is 7.03. The molecule has 4 rings (SSSR count). The van der Waals surface area contributed by atoms with Gasteiger partial charge in [0.15, 0.2) is 5.58 Å². The molecule has 0 aliphatic carbocycles. The number of rotatable bonds is 2. The number of oxazole rings is 1. The van der Waals surface area contributed by atoms with E-state index in [9.17, 15) is 0 Å². The first kappa shape index (κ1) is 13.1. The maximum atomic E-state index is 6.32. The summed E-state index contributed by atoms with van der Waals surface area (Å²) in [6.07, 6.45) is 0. The topological polar surface area (TPSA) is 26.0 Å². The summed E-state index contributed by atoms with van der Waals surface area (Å²) in [5.74, 6) is 0.620. The Balaban J connectivity index is 1.95. The van der Waals surface area contributed by atoms with Crippen molar-refractivity contribution in [2.75, 3.05) is 0 Å². The number of benzene rings is 3. The van der Waals surface area contributed by atoms with Gasteiger partial charge in [0.25, 0.3) is 0 Å². The summed E-state index contributed by atoms with van der Waals surface area (Å²) in [5.41, 5.74) is 4.46. The van der Waals surface area contributed by atoms with Crippen molar-refractivity contribution in [2.24, 2.45) is 0 Å². The summed E-state index contributed by atoms with van der Waals surface area (Å²) in [6, 6.07) is 23.6. The fourth-order valence-electron chi connectivity index (χ4n) is 2.54. The van der Waals surface area contributed by atoms with E-state index in [0.717, 1.165) is 27.8 Å². The van der Waals surface area contributed by atoms with Crippen molar-refractivity contribution in [3.63, 3.8) is 0 Å². The van der Waals surface area contributed by atoms with Gasteiger partial charge in [0.1, 0.15) is 5.52 Å². The molecule has 0 aliphatic heterocycles. The third kappa shape index (κ3) is 2.18. The van der Waals surface area contributed by atoms with Gasteiger partial charge in [-0.1, -0.05) is 60.1 Å². The minimum atomic E-state index is 0.620. The number of aromatic nitrogens is 1. The highest BCUT2D eigenvalue weighted by atomic mass is 35.5. The molecule has 0 saturated carbocycles. The summed E-state index contributed by atoms with van der Waals surface area (Å²) in [4.78, 5) is 4.59. The number of halogens is 1. The fraction of sp³-hybridized carbons (Fsp3) is 0. The van der Waals surface area contributed by atoms with E-state index in [4.69, 9.17) is 16.0 Å². The molecule has 0 aliphatic rings. The Morgan fingerprint density at radius 2 is 1.45 bits per heavy atom. The van der Waals surface area contributed by atoms with E-state index < -0.39 is 0 Å². The summed E-state index contributed by atoms with van der Waals surface area (Å²) < 4.78 is 6.02. The third-order valence-corrected chi connectivity index (χ3v) is 3.93. The Morgan fingerprint density at radius 3 is 2.27 bits per heavy atom. The minimum absolute atomic E-state index is 0.620. The lowest BCUT2D eigenvalue weighted by atomic mass is 10.0. The largest absolute Gasteiger partial charge is 0.435 e. The Hall–Kier alpha value is -2.58. The number of para-hydroxylation sites is 1. The van der Waals surface area contributed by atoms with Crippen molar-refractivity contribution < 1.29 is 4.42 Å². The number of hydrogen-bond donors (Lipinski definition) is 0. The van der Waals surface area contributed by atoms with Crippen LogP contribution in [0.2, 0.25) is 5.02 Å². The van der Waals surface area contributed by atoms with Crippen LogP contribution in [0.4, 0.5) is 0 Å². The van der Waals surface area contributed by atoms with Crippen LogP contribution in [-0.4, -0.2) is 4.98 Å². The van der Waals surface area contributed by atoms with Crippen LogP contribution in [0.3, 0.4) is 0 Å². The zero-order valence-electron chi connectivity index (χ0n) is 11.7. The van der Waals surface area contributed by atoms with Gasteiger partial charge in [-0.15, -0.1) is 0 Å². The number of nitrogens with zero attached hydrogens (tertiary/aromatic N) is 1. The average Bonchev–Trinajstić information content (AvgIpc) is 3.00. The normalized spacial score (nSPS) is 11.0. The van der Waals surface area contributed by atoms with Gasteiger partial charge in [0.2, 0.25) is 5.89 Å². The summed E-state index contributed by atoms with van der Waals surface area (Å²) >= 11 is 6.32. The summed E-state index contributed by atoms with van der Waals surface area (Å²) in [6.45, 7) is 0. The fourth-order valence-corrected chi connectivity index (χ4v) is 2.78. The SMILES string of the molecule is Clc1ccccc1-c1cccc2nc(-c3ccccc3)oc12. The van der Waals surface area contributed by atoms with Crippen LogP contribution in [0, 0.1) is 0 Å². The van der Waals surface area contributed by atoms with Crippen LogP contribution in [0.25, 0.3) is 33.7 Å². The minimum Gasteiger partial charge on any atom is -0.435 e. The Labute approximate surface area is 133 Å². The Bertz CT molecular complexity index is 944. The van der Waals surface area contributed by atoms with Crippen molar-refractivity contribution in [3.05, 3.63) is 77.8 Å². The Morgan fingerprint density at radius 1 is 0.727 bits per heavy atom. The molecule has 0 fully saturated rings. The molecular weight excluding hydrogens is 294 g/mol. The zero-order chi connectivity index (χ0) is 14.9. The molecule has 0 amide bonds. The molecule has 0 N–H and O–H groups in total. The van der Waals surface area contributed by atoms with Crippen LogP contribution in [0.5, 0.6) is 0 Å².